The van der Waals surface area contributed by atoms with E-state index < -0.39 is 0 Å². The molecule has 1 aliphatic heterocycles. The summed E-state index contributed by atoms with van der Waals surface area (Å²) in [5.74, 6) is 0.801. The Balaban J connectivity index is 1.66. The molecule has 3 nitrogen and oxygen atoms in total. The van der Waals surface area contributed by atoms with Gasteiger partial charge in [-0.15, -0.1) is 0 Å². The van der Waals surface area contributed by atoms with Crippen molar-refractivity contribution in [2.45, 2.75) is 37.8 Å². The number of aliphatic hydroxyl groups excluding tert-OH is 1. The fourth-order valence-electron chi connectivity index (χ4n) is 2.23. The van der Waals surface area contributed by atoms with Crippen molar-refractivity contribution < 1.29 is 5.11 Å². The van der Waals surface area contributed by atoms with Gasteiger partial charge < -0.3 is 10.8 Å². The SMILES string of the molecule is CC(O)CCN1CC(N)(C2CC2)C1. The van der Waals surface area contributed by atoms with Crippen LogP contribution in [0.3, 0.4) is 0 Å². The second-order valence-corrected chi connectivity index (χ2v) is 4.86. The van der Waals surface area contributed by atoms with E-state index in [4.69, 9.17) is 10.8 Å². The quantitative estimate of drug-likeness (QED) is 0.655. The number of nitrogens with zero attached hydrogens (tertiary/aromatic N) is 1. The molecular formula is C10H20N2O. The summed E-state index contributed by atoms with van der Waals surface area (Å²) in [6.45, 7) is 4.94. The summed E-state index contributed by atoms with van der Waals surface area (Å²) in [7, 11) is 0. The molecule has 2 rings (SSSR count). The Kier molecular flexibility index (Phi) is 2.34. The van der Waals surface area contributed by atoms with Crippen LogP contribution in [0.2, 0.25) is 0 Å². The molecule has 1 heterocycles. The Bertz CT molecular complexity index is 183. The zero-order valence-corrected chi connectivity index (χ0v) is 8.37. The molecule has 1 unspecified atom stereocenters. The predicted molar refractivity (Wildman–Crippen MR) is 52.4 cm³/mol. The summed E-state index contributed by atoms with van der Waals surface area (Å²) in [6, 6.07) is 0. The van der Waals surface area contributed by atoms with Crippen LogP contribution < -0.4 is 5.73 Å². The van der Waals surface area contributed by atoms with Crippen LogP contribution in [0.1, 0.15) is 26.2 Å². The topological polar surface area (TPSA) is 49.5 Å². The van der Waals surface area contributed by atoms with Crippen molar-refractivity contribution in [3.8, 4) is 0 Å². The van der Waals surface area contributed by atoms with Crippen molar-refractivity contribution in [3.05, 3.63) is 0 Å². The first-order valence-corrected chi connectivity index (χ1v) is 5.29. The first kappa shape index (κ1) is 9.44. The van der Waals surface area contributed by atoms with Crippen LogP contribution in [0.15, 0.2) is 0 Å². The molecule has 0 aromatic carbocycles. The summed E-state index contributed by atoms with van der Waals surface area (Å²) in [6.07, 6.45) is 3.37. The average molecular weight is 184 g/mol. The standard InChI is InChI=1S/C10H20N2O/c1-8(13)4-5-12-6-10(11,7-12)9-2-3-9/h8-9,13H,2-7,11H2,1H3. The van der Waals surface area contributed by atoms with Gasteiger partial charge in [0, 0.05) is 25.2 Å². The summed E-state index contributed by atoms with van der Waals surface area (Å²) in [4.78, 5) is 2.35. The minimum atomic E-state index is -0.173. The molecule has 0 aromatic rings. The first-order valence-electron chi connectivity index (χ1n) is 5.29. The second kappa shape index (κ2) is 3.23. The molecule has 0 radical (unpaired) electrons. The van der Waals surface area contributed by atoms with Gasteiger partial charge in [-0.25, -0.2) is 0 Å². The highest BCUT2D eigenvalue weighted by Gasteiger charge is 2.49. The molecule has 0 bridgehead atoms. The van der Waals surface area contributed by atoms with Crippen molar-refractivity contribution in [2.75, 3.05) is 19.6 Å². The third kappa shape index (κ3) is 2.03. The summed E-state index contributed by atoms with van der Waals surface area (Å²) in [5, 5.41) is 9.11. The maximum Gasteiger partial charge on any atom is 0.0524 e. The van der Waals surface area contributed by atoms with Crippen LogP contribution in [0.5, 0.6) is 0 Å². The molecule has 3 heteroatoms. The van der Waals surface area contributed by atoms with E-state index in [1.165, 1.54) is 12.8 Å². The van der Waals surface area contributed by atoms with Crippen LogP contribution in [-0.4, -0.2) is 41.3 Å². The molecule has 1 saturated carbocycles. The monoisotopic (exact) mass is 184 g/mol. The van der Waals surface area contributed by atoms with Gasteiger partial charge in [0.05, 0.1) is 6.10 Å². The smallest absolute Gasteiger partial charge is 0.0524 e. The maximum atomic E-state index is 9.11. The van der Waals surface area contributed by atoms with E-state index in [2.05, 4.69) is 4.90 Å². The van der Waals surface area contributed by atoms with Gasteiger partial charge in [-0.3, -0.25) is 4.90 Å². The lowest BCUT2D eigenvalue weighted by atomic mass is 9.85. The zero-order chi connectivity index (χ0) is 9.47. The lowest BCUT2D eigenvalue weighted by Crippen LogP contribution is -2.68. The average Bonchev–Trinajstić information content (AvgIpc) is 2.77. The molecule has 13 heavy (non-hydrogen) atoms. The molecule has 1 atom stereocenters. The normalized spacial score (nSPS) is 29.8. The minimum Gasteiger partial charge on any atom is -0.393 e. The molecule has 2 fully saturated rings. The molecule has 76 valence electrons. The molecule has 0 amide bonds. The van der Waals surface area contributed by atoms with E-state index in [0.717, 1.165) is 32.0 Å². The molecule has 1 aliphatic carbocycles. The van der Waals surface area contributed by atoms with Gasteiger partial charge in [0.1, 0.15) is 0 Å². The highest BCUT2D eigenvalue weighted by atomic mass is 16.3. The van der Waals surface area contributed by atoms with Crippen LogP contribution >= 0.6 is 0 Å². The van der Waals surface area contributed by atoms with Crippen LogP contribution in [0.25, 0.3) is 0 Å². The Labute approximate surface area is 79.9 Å². The van der Waals surface area contributed by atoms with E-state index in [-0.39, 0.29) is 11.6 Å². The Morgan fingerprint density at radius 1 is 1.54 bits per heavy atom. The third-order valence-electron chi connectivity index (χ3n) is 3.29. The number of likely N-dealkylation sites (tertiary alicyclic amines) is 1. The molecule has 0 aromatic heterocycles. The molecular weight excluding hydrogens is 164 g/mol. The van der Waals surface area contributed by atoms with E-state index in [9.17, 15) is 0 Å². The molecule has 2 aliphatic rings. The van der Waals surface area contributed by atoms with Crippen molar-refractivity contribution in [1.29, 1.82) is 0 Å². The van der Waals surface area contributed by atoms with Gasteiger partial charge >= 0.3 is 0 Å². The Morgan fingerprint density at radius 2 is 2.15 bits per heavy atom. The van der Waals surface area contributed by atoms with Crippen molar-refractivity contribution in [2.24, 2.45) is 11.7 Å². The third-order valence-corrected chi connectivity index (χ3v) is 3.29. The van der Waals surface area contributed by atoms with Gasteiger partial charge in [0.15, 0.2) is 0 Å². The Morgan fingerprint density at radius 3 is 2.62 bits per heavy atom. The van der Waals surface area contributed by atoms with Crippen LogP contribution in [0.4, 0.5) is 0 Å². The van der Waals surface area contributed by atoms with Gasteiger partial charge in [0.2, 0.25) is 0 Å². The van der Waals surface area contributed by atoms with E-state index in [1.54, 1.807) is 0 Å². The number of nitrogens with two attached hydrogens (primary N) is 1. The molecule has 0 spiro atoms. The van der Waals surface area contributed by atoms with Crippen molar-refractivity contribution in [1.82, 2.24) is 4.90 Å². The van der Waals surface area contributed by atoms with Crippen molar-refractivity contribution >= 4 is 0 Å². The number of hydrogen-bond donors (Lipinski definition) is 2. The predicted octanol–water partition coefficient (Wildman–Crippen LogP) is 0.180. The molecule has 3 N–H and O–H groups in total. The van der Waals surface area contributed by atoms with Gasteiger partial charge in [0.25, 0.3) is 0 Å². The van der Waals surface area contributed by atoms with Gasteiger partial charge in [-0.1, -0.05) is 0 Å². The largest absolute Gasteiger partial charge is 0.393 e. The summed E-state index contributed by atoms with van der Waals surface area (Å²) < 4.78 is 0. The highest BCUT2D eigenvalue weighted by Crippen LogP contribution is 2.42. The van der Waals surface area contributed by atoms with Gasteiger partial charge in [-0.2, -0.15) is 0 Å². The lowest BCUT2D eigenvalue weighted by molar-refractivity contribution is 0.0412. The van der Waals surface area contributed by atoms with E-state index >= 15 is 0 Å². The van der Waals surface area contributed by atoms with E-state index in [1.807, 2.05) is 6.92 Å². The second-order valence-electron chi connectivity index (χ2n) is 4.86. The van der Waals surface area contributed by atoms with Gasteiger partial charge in [-0.05, 0) is 32.1 Å². The fraction of sp³-hybridized carbons (Fsp3) is 1.00. The van der Waals surface area contributed by atoms with E-state index in [0.29, 0.717) is 0 Å². The van der Waals surface area contributed by atoms with Crippen LogP contribution in [0, 0.1) is 5.92 Å². The first-order chi connectivity index (χ1) is 6.10. The number of hydrogen-bond acceptors (Lipinski definition) is 3. The van der Waals surface area contributed by atoms with Crippen LogP contribution in [-0.2, 0) is 0 Å². The zero-order valence-electron chi connectivity index (χ0n) is 8.37. The maximum absolute atomic E-state index is 9.11. The fourth-order valence-corrected chi connectivity index (χ4v) is 2.23. The summed E-state index contributed by atoms with van der Waals surface area (Å²) >= 11 is 0. The number of aliphatic hydroxyl groups is 1. The minimum absolute atomic E-state index is 0.138. The van der Waals surface area contributed by atoms with Crippen molar-refractivity contribution in [3.63, 3.8) is 0 Å². The highest BCUT2D eigenvalue weighted by molar-refractivity contribution is 5.08. The number of rotatable bonds is 4. The summed E-state index contributed by atoms with van der Waals surface area (Å²) in [5.41, 5.74) is 6.34. The molecule has 1 saturated heterocycles. The Hall–Kier alpha value is -0.120. The lowest BCUT2D eigenvalue weighted by Gasteiger charge is -2.48.